The van der Waals surface area contributed by atoms with Gasteiger partial charge in [0.1, 0.15) is 6.54 Å². The van der Waals surface area contributed by atoms with Crippen LogP contribution in [-0.4, -0.2) is 23.5 Å². The van der Waals surface area contributed by atoms with Crippen LogP contribution in [0.5, 0.6) is 0 Å². The highest BCUT2D eigenvalue weighted by Crippen LogP contribution is 2.23. The highest BCUT2D eigenvalue weighted by Gasteiger charge is 2.04. The Bertz CT molecular complexity index is 449. The second kappa shape index (κ2) is 7.24. The number of hydrogen-bond donors (Lipinski definition) is 2. The standard InChI is InChI=1S/C12H13Cl2NO3/c13-9-5-4-8(6-10(9)14)2-1-3-11(16)15-7-12(17)18/h4-6H,1-3,7H2,(H,15,16)(H,17,18). The molecular weight excluding hydrogens is 277 g/mol. The van der Waals surface area contributed by atoms with Gasteiger partial charge in [-0.15, -0.1) is 0 Å². The van der Waals surface area contributed by atoms with Gasteiger partial charge in [0.2, 0.25) is 5.91 Å². The zero-order valence-corrected chi connectivity index (χ0v) is 11.1. The van der Waals surface area contributed by atoms with Gasteiger partial charge in [0, 0.05) is 6.42 Å². The molecule has 0 aliphatic rings. The quantitative estimate of drug-likeness (QED) is 0.846. The molecule has 2 N–H and O–H groups in total. The average Bonchev–Trinajstić information content (AvgIpc) is 2.31. The van der Waals surface area contributed by atoms with Gasteiger partial charge in [-0.25, -0.2) is 0 Å². The summed E-state index contributed by atoms with van der Waals surface area (Å²) in [4.78, 5) is 21.5. The molecule has 6 heteroatoms. The van der Waals surface area contributed by atoms with Crippen LogP contribution in [0.1, 0.15) is 18.4 Å². The summed E-state index contributed by atoms with van der Waals surface area (Å²) in [5, 5.41) is 11.7. The summed E-state index contributed by atoms with van der Waals surface area (Å²) in [6.07, 6.45) is 1.61. The van der Waals surface area contributed by atoms with Crippen LogP contribution >= 0.6 is 23.2 Å². The van der Waals surface area contributed by atoms with Crippen molar-refractivity contribution in [3.8, 4) is 0 Å². The van der Waals surface area contributed by atoms with E-state index in [1.54, 1.807) is 12.1 Å². The number of carbonyl (C=O) groups excluding carboxylic acids is 1. The van der Waals surface area contributed by atoms with Crippen LogP contribution in [0.3, 0.4) is 0 Å². The lowest BCUT2D eigenvalue weighted by Gasteiger charge is -2.04. The SMILES string of the molecule is O=C(O)CNC(=O)CCCc1ccc(Cl)c(Cl)c1. The highest BCUT2D eigenvalue weighted by atomic mass is 35.5. The van der Waals surface area contributed by atoms with E-state index in [2.05, 4.69) is 5.32 Å². The van der Waals surface area contributed by atoms with Gasteiger partial charge in [0.15, 0.2) is 0 Å². The van der Waals surface area contributed by atoms with Gasteiger partial charge < -0.3 is 10.4 Å². The first kappa shape index (κ1) is 14.8. The molecule has 1 aromatic carbocycles. The summed E-state index contributed by atoms with van der Waals surface area (Å²) < 4.78 is 0. The van der Waals surface area contributed by atoms with Crippen molar-refractivity contribution in [2.24, 2.45) is 0 Å². The van der Waals surface area contributed by atoms with Crippen LogP contribution in [0.25, 0.3) is 0 Å². The summed E-state index contributed by atoms with van der Waals surface area (Å²) in [6.45, 7) is -0.342. The number of carboxylic acids is 1. The number of amides is 1. The predicted octanol–water partition coefficient (Wildman–Crippen LogP) is 2.52. The van der Waals surface area contributed by atoms with E-state index in [1.165, 1.54) is 0 Å². The van der Waals surface area contributed by atoms with Crippen molar-refractivity contribution in [2.45, 2.75) is 19.3 Å². The molecule has 0 fully saturated rings. The summed E-state index contributed by atoms with van der Waals surface area (Å²) in [7, 11) is 0. The Hall–Kier alpha value is -1.26. The monoisotopic (exact) mass is 289 g/mol. The highest BCUT2D eigenvalue weighted by molar-refractivity contribution is 6.42. The van der Waals surface area contributed by atoms with E-state index in [4.69, 9.17) is 28.3 Å². The fourth-order valence-electron chi connectivity index (χ4n) is 1.41. The summed E-state index contributed by atoms with van der Waals surface area (Å²) in [5.41, 5.74) is 0.996. The minimum absolute atomic E-state index is 0.266. The number of hydrogen-bond acceptors (Lipinski definition) is 2. The Labute approximate surface area is 115 Å². The molecular formula is C12H13Cl2NO3. The maximum Gasteiger partial charge on any atom is 0.322 e. The topological polar surface area (TPSA) is 66.4 Å². The molecule has 0 saturated heterocycles. The van der Waals surface area contributed by atoms with E-state index in [0.29, 0.717) is 22.9 Å². The Kier molecular flexibility index (Phi) is 5.95. The molecule has 0 spiro atoms. The summed E-state index contributed by atoms with van der Waals surface area (Å²) in [6, 6.07) is 5.33. The van der Waals surface area contributed by atoms with Crippen molar-refractivity contribution in [1.82, 2.24) is 5.32 Å². The maximum atomic E-state index is 11.2. The molecule has 0 bridgehead atoms. The molecule has 1 rings (SSSR count). The number of benzene rings is 1. The zero-order chi connectivity index (χ0) is 13.5. The van der Waals surface area contributed by atoms with Crippen LogP contribution in [0.15, 0.2) is 18.2 Å². The number of aliphatic carboxylic acids is 1. The van der Waals surface area contributed by atoms with Gasteiger partial charge >= 0.3 is 5.97 Å². The first-order valence-electron chi connectivity index (χ1n) is 5.41. The number of halogens is 2. The first-order chi connectivity index (χ1) is 8.49. The van der Waals surface area contributed by atoms with Crippen LogP contribution in [0.2, 0.25) is 10.0 Å². The molecule has 0 aromatic heterocycles. The normalized spacial score (nSPS) is 10.1. The van der Waals surface area contributed by atoms with Gasteiger partial charge in [-0.2, -0.15) is 0 Å². The molecule has 0 unspecified atom stereocenters. The number of carboxylic acid groups (broad SMARTS) is 1. The van der Waals surface area contributed by atoms with Gasteiger partial charge in [0.05, 0.1) is 10.0 Å². The van der Waals surface area contributed by atoms with Gasteiger partial charge in [0.25, 0.3) is 0 Å². The third-order valence-corrected chi connectivity index (χ3v) is 3.03. The molecule has 98 valence electrons. The molecule has 0 aliphatic heterocycles. The minimum atomic E-state index is -1.05. The fourth-order valence-corrected chi connectivity index (χ4v) is 1.73. The van der Waals surface area contributed by atoms with Crippen LogP contribution < -0.4 is 5.32 Å². The van der Waals surface area contributed by atoms with Crippen LogP contribution in [0, 0.1) is 0 Å². The lowest BCUT2D eigenvalue weighted by molar-refractivity contribution is -0.137. The molecule has 18 heavy (non-hydrogen) atoms. The number of aryl methyl sites for hydroxylation is 1. The van der Waals surface area contributed by atoms with Crippen molar-refractivity contribution in [3.05, 3.63) is 33.8 Å². The van der Waals surface area contributed by atoms with E-state index in [9.17, 15) is 9.59 Å². The summed E-state index contributed by atoms with van der Waals surface area (Å²) in [5.74, 6) is -1.31. The predicted molar refractivity (Wildman–Crippen MR) is 70.0 cm³/mol. The third kappa shape index (κ3) is 5.38. The van der Waals surface area contributed by atoms with Crippen LogP contribution in [0.4, 0.5) is 0 Å². The van der Waals surface area contributed by atoms with E-state index in [1.807, 2.05) is 6.07 Å². The fraction of sp³-hybridized carbons (Fsp3) is 0.333. The second-order valence-electron chi connectivity index (χ2n) is 3.77. The van der Waals surface area contributed by atoms with E-state index in [-0.39, 0.29) is 18.9 Å². The molecule has 0 atom stereocenters. The van der Waals surface area contributed by atoms with Gasteiger partial charge in [-0.05, 0) is 30.5 Å². The molecule has 0 saturated carbocycles. The second-order valence-corrected chi connectivity index (χ2v) is 4.59. The van der Waals surface area contributed by atoms with Crippen molar-refractivity contribution in [3.63, 3.8) is 0 Å². The largest absolute Gasteiger partial charge is 0.480 e. The minimum Gasteiger partial charge on any atom is -0.480 e. The lowest BCUT2D eigenvalue weighted by Crippen LogP contribution is -2.28. The number of rotatable bonds is 6. The number of nitrogens with one attached hydrogen (secondary N) is 1. The van der Waals surface area contributed by atoms with E-state index < -0.39 is 5.97 Å². The smallest absolute Gasteiger partial charge is 0.322 e. The first-order valence-corrected chi connectivity index (χ1v) is 6.17. The number of carbonyl (C=O) groups is 2. The Morgan fingerprint density at radius 2 is 1.94 bits per heavy atom. The Morgan fingerprint density at radius 1 is 1.22 bits per heavy atom. The molecule has 1 amide bonds. The van der Waals surface area contributed by atoms with Crippen molar-refractivity contribution < 1.29 is 14.7 Å². The van der Waals surface area contributed by atoms with E-state index >= 15 is 0 Å². The zero-order valence-electron chi connectivity index (χ0n) is 9.58. The molecule has 0 heterocycles. The third-order valence-electron chi connectivity index (χ3n) is 2.29. The molecule has 0 aliphatic carbocycles. The lowest BCUT2D eigenvalue weighted by atomic mass is 10.1. The molecule has 4 nitrogen and oxygen atoms in total. The van der Waals surface area contributed by atoms with Crippen molar-refractivity contribution in [1.29, 1.82) is 0 Å². The van der Waals surface area contributed by atoms with Crippen LogP contribution in [-0.2, 0) is 16.0 Å². The average molecular weight is 290 g/mol. The maximum absolute atomic E-state index is 11.2. The molecule has 1 aromatic rings. The Balaban J connectivity index is 2.30. The van der Waals surface area contributed by atoms with E-state index in [0.717, 1.165) is 5.56 Å². The van der Waals surface area contributed by atoms with Crippen molar-refractivity contribution in [2.75, 3.05) is 6.54 Å². The molecule has 0 radical (unpaired) electrons. The summed E-state index contributed by atoms with van der Waals surface area (Å²) >= 11 is 11.6. The van der Waals surface area contributed by atoms with Gasteiger partial charge in [-0.3, -0.25) is 9.59 Å². The van der Waals surface area contributed by atoms with Gasteiger partial charge in [-0.1, -0.05) is 29.3 Å². The Morgan fingerprint density at radius 3 is 2.56 bits per heavy atom. The van der Waals surface area contributed by atoms with Crippen molar-refractivity contribution >= 4 is 35.1 Å².